The van der Waals surface area contributed by atoms with Crippen LogP contribution in [0.2, 0.25) is 0 Å². The highest BCUT2D eigenvalue weighted by Gasteiger charge is 2.24. The molecule has 4 rings (SSSR count). The molecule has 2 aromatic carbocycles. The first-order chi connectivity index (χ1) is 15.5. The lowest BCUT2D eigenvalue weighted by Crippen LogP contribution is -2.38. The Labute approximate surface area is 187 Å². The van der Waals surface area contributed by atoms with E-state index >= 15 is 0 Å². The molecule has 0 spiro atoms. The molecule has 32 heavy (non-hydrogen) atoms. The van der Waals surface area contributed by atoms with Gasteiger partial charge in [0.15, 0.2) is 0 Å². The van der Waals surface area contributed by atoms with Crippen LogP contribution in [0.5, 0.6) is 0 Å². The van der Waals surface area contributed by atoms with E-state index in [4.69, 9.17) is 9.47 Å². The van der Waals surface area contributed by atoms with Crippen LogP contribution in [0.4, 0.5) is 17.1 Å². The number of rotatable bonds is 6. The molecule has 0 aliphatic carbocycles. The Kier molecular flexibility index (Phi) is 6.87. The molecule has 2 fully saturated rings. The lowest BCUT2D eigenvalue weighted by Gasteiger charge is -2.31. The van der Waals surface area contributed by atoms with Crippen molar-refractivity contribution in [2.75, 3.05) is 69.5 Å². The minimum atomic E-state index is -0.468. The van der Waals surface area contributed by atoms with E-state index in [1.54, 1.807) is 18.0 Å². The summed E-state index contributed by atoms with van der Waals surface area (Å²) in [5.41, 5.74) is 3.09. The van der Waals surface area contributed by atoms with Gasteiger partial charge in [0.2, 0.25) is 0 Å². The van der Waals surface area contributed by atoms with Crippen LogP contribution in [0.3, 0.4) is 0 Å². The smallest absolute Gasteiger partial charge is 0.270 e. The maximum atomic E-state index is 13.3. The van der Waals surface area contributed by atoms with Gasteiger partial charge in [-0.05, 0) is 23.8 Å². The average molecular weight is 441 g/mol. The standard InChI is InChI=1S/C23H28N4O5/c1-24(17-18-2-4-19(5-3-18)25-8-12-31-13-9-25)23(28)21-16-20(27(29)30)6-7-22(21)26-10-14-32-15-11-26/h2-7,16H,8-15,17H2,1H3. The Morgan fingerprint density at radius 3 is 2.16 bits per heavy atom. The van der Waals surface area contributed by atoms with E-state index < -0.39 is 4.92 Å². The first kappa shape index (κ1) is 22.0. The molecule has 2 aliphatic heterocycles. The Hall–Kier alpha value is -3.17. The van der Waals surface area contributed by atoms with Crippen LogP contribution in [-0.2, 0) is 16.0 Å². The Morgan fingerprint density at radius 2 is 1.56 bits per heavy atom. The first-order valence-corrected chi connectivity index (χ1v) is 10.8. The molecule has 9 nitrogen and oxygen atoms in total. The lowest BCUT2D eigenvalue weighted by molar-refractivity contribution is -0.384. The first-order valence-electron chi connectivity index (χ1n) is 10.8. The maximum Gasteiger partial charge on any atom is 0.270 e. The molecule has 2 aliphatic rings. The molecule has 0 atom stereocenters. The number of benzene rings is 2. The summed E-state index contributed by atoms with van der Waals surface area (Å²) in [6.45, 7) is 6.03. The third-order valence-electron chi connectivity index (χ3n) is 5.85. The molecule has 0 radical (unpaired) electrons. The van der Waals surface area contributed by atoms with Crippen molar-refractivity contribution in [3.8, 4) is 0 Å². The maximum absolute atomic E-state index is 13.3. The monoisotopic (exact) mass is 440 g/mol. The van der Waals surface area contributed by atoms with Crippen LogP contribution in [0, 0.1) is 10.1 Å². The van der Waals surface area contributed by atoms with Gasteiger partial charge in [0.1, 0.15) is 0 Å². The van der Waals surface area contributed by atoms with Crippen LogP contribution in [0.15, 0.2) is 42.5 Å². The van der Waals surface area contributed by atoms with E-state index in [2.05, 4.69) is 17.0 Å². The van der Waals surface area contributed by atoms with Crippen LogP contribution < -0.4 is 9.80 Å². The van der Waals surface area contributed by atoms with Gasteiger partial charge in [0.05, 0.1) is 42.6 Å². The molecule has 2 saturated heterocycles. The summed E-state index contributed by atoms with van der Waals surface area (Å²) in [4.78, 5) is 30.1. The number of ether oxygens (including phenoxy) is 2. The van der Waals surface area contributed by atoms with Gasteiger partial charge in [-0.2, -0.15) is 0 Å². The number of nitro groups is 1. The number of hydrogen-bond donors (Lipinski definition) is 0. The Bertz CT molecular complexity index is 953. The van der Waals surface area contributed by atoms with Gasteiger partial charge in [-0.15, -0.1) is 0 Å². The van der Waals surface area contributed by atoms with E-state index in [1.165, 1.54) is 12.1 Å². The minimum Gasteiger partial charge on any atom is -0.378 e. The molecule has 2 aromatic rings. The van der Waals surface area contributed by atoms with Gasteiger partial charge < -0.3 is 24.2 Å². The molecule has 0 bridgehead atoms. The van der Waals surface area contributed by atoms with Crippen molar-refractivity contribution < 1.29 is 19.2 Å². The summed E-state index contributed by atoms with van der Waals surface area (Å²) in [5, 5.41) is 11.3. The molecule has 0 unspecified atom stereocenters. The highest BCUT2D eigenvalue weighted by atomic mass is 16.6. The van der Waals surface area contributed by atoms with Crippen LogP contribution in [0.1, 0.15) is 15.9 Å². The van der Waals surface area contributed by atoms with Gasteiger partial charge in [0, 0.05) is 57.6 Å². The topological polar surface area (TPSA) is 88.4 Å². The number of amides is 1. The molecule has 170 valence electrons. The predicted octanol–water partition coefficient (Wildman–Crippen LogP) is 2.54. The predicted molar refractivity (Wildman–Crippen MR) is 121 cm³/mol. The van der Waals surface area contributed by atoms with Crippen molar-refractivity contribution in [3.63, 3.8) is 0 Å². The molecular weight excluding hydrogens is 412 g/mol. The van der Waals surface area contributed by atoms with E-state index in [1.807, 2.05) is 17.0 Å². The summed E-state index contributed by atoms with van der Waals surface area (Å²) < 4.78 is 10.8. The van der Waals surface area contributed by atoms with Crippen molar-refractivity contribution in [1.82, 2.24) is 4.90 Å². The second-order valence-corrected chi connectivity index (χ2v) is 7.99. The quantitative estimate of drug-likeness (QED) is 0.504. The lowest BCUT2D eigenvalue weighted by atomic mass is 10.1. The van der Waals surface area contributed by atoms with Crippen molar-refractivity contribution in [2.24, 2.45) is 0 Å². The van der Waals surface area contributed by atoms with Gasteiger partial charge >= 0.3 is 0 Å². The second-order valence-electron chi connectivity index (χ2n) is 7.99. The number of carbonyl (C=O) groups excluding carboxylic acids is 1. The third-order valence-corrected chi connectivity index (χ3v) is 5.85. The number of hydrogen-bond acceptors (Lipinski definition) is 7. The molecule has 9 heteroatoms. The Balaban J connectivity index is 1.51. The van der Waals surface area contributed by atoms with Crippen molar-refractivity contribution in [3.05, 3.63) is 63.7 Å². The number of carbonyl (C=O) groups is 1. The zero-order valence-electron chi connectivity index (χ0n) is 18.2. The fourth-order valence-electron chi connectivity index (χ4n) is 4.07. The zero-order valence-corrected chi connectivity index (χ0v) is 18.2. The van der Waals surface area contributed by atoms with Gasteiger partial charge in [0.25, 0.3) is 11.6 Å². The fourth-order valence-corrected chi connectivity index (χ4v) is 4.07. The van der Waals surface area contributed by atoms with E-state index in [0.717, 1.165) is 37.6 Å². The number of morpholine rings is 2. The van der Waals surface area contributed by atoms with E-state index in [-0.39, 0.29) is 11.6 Å². The molecular formula is C23H28N4O5. The average Bonchev–Trinajstić information content (AvgIpc) is 2.84. The summed E-state index contributed by atoms with van der Waals surface area (Å²) in [7, 11) is 1.72. The molecule has 0 saturated carbocycles. The van der Waals surface area contributed by atoms with Crippen LogP contribution in [0.25, 0.3) is 0 Å². The summed E-state index contributed by atoms with van der Waals surface area (Å²) >= 11 is 0. The van der Waals surface area contributed by atoms with Gasteiger partial charge in [-0.25, -0.2) is 0 Å². The van der Waals surface area contributed by atoms with Crippen molar-refractivity contribution in [1.29, 1.82) is 0 Å². The number of anilines is 2. The van der Waals surface area contributed by atoms with Crippen molar-refractivity contribution in [2.45, 2.75) is 6.54 Å². The van der Waals surface area contributed by atoms with E-state index in [9.17, 15) is 14.9 Å². The molecule has 0 aromatic heterocycles. The van der Waals surface area contributed by atoms with E-state index in [0.29, 0.717) is 44.1 Å². The summed E-state index contributed by atoms with van der Waals surface area (Å²) in [6, 6.07) is 12.7. The largest absolute Gasteiger partial charge is 0.378 e. The molecule has 0 N–H and O–H groups in total. The molecule has 1 amide bonds. The van der Waals surface area contributed by atoms with Crippen LogP contribution in [-0.4, -0.2) is 75.4 Å². The summed E-state index contributed by atoms with van der Waals surface area (Å²) in [5.74, 6) is -0.243. The Morgan fingerprint density at radius 1 is 0.969 bits per heavy atom. The molecule has 2 heterocycles. The highest BCUT2D eigenvalue weighted by Crippen LogP contribution is 2.28. The zero-order chi connectivity index (χ0) is 22.5. The number of non-ortho nitro benzene ring substituents is 1. The number of nitro benzene ring substituents is 1. The fraction of sp³-hybridized carbons (Fsp3) is 0.435. The SMILES string of the molecule is CN(Cc1ccc(N2CCOCC2)cc1)C(=O)c1cc([N+](=O)[O-])ccc1N1CCOCC1. The van der Waals surface area contributed by atoms with Crippen molar-refractivity contribution >= 4 is 23.0 Å². The minimum absolute atomic E-state index is 0.0892. The van der Waals surface area contributed by atoms with Crippen LogP contribution >= 0.6 is 0 Å². The van der Waals surface area contributed by atoms with Gasteiger partial charge in [-0.3, -0.25) is 14.9 Å². The van der Waals surface area contributed by atoms with Gasteiger partial charge in [-0.1, -0.05) is 12.1 Å². The normalized spacial score (nSPS) is 16.7. The number of nitrogens with zero attached hydrogens (tertiary/aromatic N) is 4. The highest BCUT2D eigenvalue weighted by molar-refractivity contribution is 6.00. The second kappa shape index (κ2) is 9.97. The summed E-state index contributed by atoms with van der Waals surface area (Å²) in [6.07, 6.45) is 0. The third kappa shape index (κ3) is 5.00.